The molecule has 0 spiro atoms. The molecule has 0 aliphatic carbocycles. The highest BCUT2D eigenvalue weighted by Gasteiger charge is 2.14. The van der Waals surface area contributed by atoms with Gasteiger partial charge in [-0.15, -0.1) is 0 Å². The van der Waals surface area contributed by atoms with Crippen LogP contribution < -0.4 is 0 Å². The fraction of sp³-hybridized carbons (Fsp3) is 0.273. The number of hydrogen-bond acceptors (Lipinski definition) is 3. The quantitative estimate of drug-likeness (QED) is 0.496. The van der Waals surface area contributed by atoms with Crippen LogP contribution in [-0.2, 0) is 9.53 Å². The summed E-state index contributed by atoms with van der Waals surface area (Å²) in [5.74, 6) is -0.351. The molecule has 3 rings (SSSR count). The lowest BCUT2D eigenvalue weighted by Gasteiger charge is -2.18. The van der Waals surface area contributed by atoms with Crippen LogP contribution in [0.2, 0.25) is 0 Å². The van der Waals surface area contributed by atoms with Gasteiger partial charge in [0.1, 0.15) is 11.2 Å². The predicted octanol–water partition coefficient (Wildman–Crippen LogP) is 4.97. The number of pyridine rings is 1. The van der Waals surface area contributed by atoms with Crippen molar-refractivity contribution in [2.45, 2.75) is 40.2 Å². The molecule has 0 unspecified atom stereocenters. The van der Waals surface area contributed by atoms with Crippen molar-refractivity contribution in [1.29, 1.82) is 0 Å². The van der Waals surface area contributed by atoms with E-state index < -0.39 is 5.60 Å². The lowest BCUT2D eigenvalue weighted by Crippen LogP contribution is -2.22. The Morgan fingerprint density at radius 1 is 1.12 bits per heavy atom. The smallest absolute Gasteiger partial charge is 0.331 e. The lowest BCUT2D eigenvalue weighted by molar-refractivity contribution is -0.148. The molecule has 0 bridgehead atoms. The highest BCUT2D eigenvalue weighted by molar-refractivity contribution is 5.89. The highest BCUT2D eigenvalue weighted by Crippen LogP contribution is 2.26. The number of aromatic nitrogens is 2. The molecule has 0 aliphatic heterocycles. The molecule has 3 aromatic rings. The molecular weight excluding hydrogens is 324 g/mol. The summed E-state index contributed by atoms with van der Waals surface area (Å²) in [5, 5.41) is 0. The number of benzene rings is 1. The second kappa shape index (κ2) is 6.79. The summed E-state index contributed by atoms with van der Waals surface area (Å²) in [6, 6.07) is 10.2. The fourth-order valence-electron chi connectivity index (χ4n) is 2.76. The maximum Gasteiger partial charge on any atom is 0.331 e. The summed E-state index contributed by atoms with van der Waals surface area (Å²) in [5.41, 5.74) is 5.49. The van der Waals surface area contributed by atoms with Crippen molar-refractivity contribution < 1.29 is 9.53 Å². The minimum absolute atomic E-state index is 0.351. The first-order valence-corrected chi connectivity index (χ1v) is 8.69. The zero-order valence-electron chi connectivity index (χ0n) is 15.9. The van der Waals surface area contributed by atoms with Gasteiger partial charge in [-0.1, -0.05) is 23.8 Å². The monoisotopic (exact) mass is 348 g/mol. The Morgan fingerprint density at radius 3 is 2.58 bits per heavy atom. The number of esters is 1. The van der Waals surface area contributed by atoms with Crippen molar-refractivity contribution in [3.63, 3.8) is 0 Å². The van der Waals surface area contributed by atoms with Gasteiger partial charge in [0, 0.05) is 24.0 Å². The van der Waals surface area contributed by atoms with Crippen LogP contribution >= 0.6 is 0 Å². The molecule has 0 radical (unpaired) electrons. The average molecular weight is 348 g/mol. The largest absolute Gasteiger partial charge is 0.457 e. The molecule has 2 aromatic heterocycles. The van der Waals surface area contributed by atoms with E-state index in [1.54, 1.807) is 6.08 Å². The molecule has 0 amide bonds. The number of hydrogen-bond donors (Lipinski definition) is 0. The molecule has 0 saturated carbocycles. The van der Waals surface area contributed by atoms with Crippen molar-refractivity contribution in [2.24, 2.45) is 0 Å². The molecular formula is C22H24N2O2. The van der Waals surface area contributed by atoms with Crippen LogP contribution in [0.5, 0.6) is 0 Å². The van der Waals surface area contributed by atoms with Crippen molar-refractivity contribution in [3.8, 4) is 11.3 Å². The van der Waals surface area contributed by atoms with Crippen LogP contribution in [0.15, 0.2) is 48.8 Å². The Kier molecular flexibility index (Phi) is 4.68. The summed E-state index contributed by atoms with van der Waals surface area (Å²) in [7, 11) is 0. The van der Waals surface area contributed by atoms with Crippen LogP contribution in [0.1, 0.15) is 37.5 Å². The van der Waals surface area contributed by atoms with Crippen molar-refractivity contribution in [2.75, 3.05) is 0 Å². The van der Waals surface area contributed by atoms with Crippen LogP contribution in [-0.4, -0.2) is 21.0 Å². The number of carbonyl (C=O) groups excluding carboxylic acids is 1. The van der Waals surface area contributed by atoms with E-state index in [0.29, 0.717) is 0 Å². The van der Waals surface area contributed by atoms with Gasteiger partial charge in [-0.25, -0.2) is 9.78 Å². The van der Waals surface area contributed by atoms with E-state index in [0.717, 1.165) is 28.0 Å². The number of fused-ring (bicyclic) bond motifs is 1. The minimum atomic E-state index is -0.504. The minimum Gasteiger partial charge on any atom is -0.457 e. The molecule has 1 aromatic carbocycles. The van der Waals surface area contributed by atoms with Gasteiger partial charge in [0.15, 0.2) is 0 Å². The third kappa shape index (κ3) is 4.20. The Hall–Kier alpha value is -2.88. The number of rotatable bonds is 3. The van der Waals surface area contributed by atoms with Gasteiger partial charge in [0.25, 0.3) is 0 Å². The van der Waals surface area contributed by atoms with Crippen LogP contribution in [0.4, 0.5) is 0 Å². The Balaban J connectivity index is 1.98. The van der Waals surface area contributed by atoms with Crippen molar-refractivity contribution in [3.05, 3.63) is 65.5 Å². The summed E-state index contributed by atoms with van der Waals surface area (Å²) in [4.78, 5) is 16.7. The van der Waals surface area contributed by atoms with Crippen LogP contribution in [0.25, 0.3) is 23.0 Å². The molecule has 0 N–H and O–H groups in total. The molecule has 4 nitrogen and oxygen atoms in total. The van der Waals surface area contributed by atoms with Gasteiger partial charge in [0.2, 0.25) is 0 Å². The van der Waals surface area contributed by atoms with Gasteiger partial charge >= 0.3 is 5.97 Å². The van der Waals surface area contributed by atoms with Crippen LogP contribution in [0, 0.1) is 13.8 Å². The standard InChI is InChI=1S/C22H24N2O2/c1-15-6-8-18(17(12-15)7-9-21(25)26-22(3,4)5)19-14-24-11-10-16(2)13-20(24)23-19/h6-14H,1-5H3/b9-7+. The van der Waals surface area contributed by atoms with Crippen LogP contribution in [0.3, 0.4) is 0 Å². The van der Waals surface area contributed by atoms with Gasteiger partial charge in [-0.05, 0) is 64.0 Å². The zero-order chi connectivity index (χ0) is 18.9. The summed E-state index contributed by atoms with van der Waals surface area (Å²) in [6.07, 6.45) is 7.28. The van der Waals surface area contributed by atoms with E-state index in [2.05, 4.69) is 19.1 Å². The third-order valence-corrected chi connectivity index (χ3v) is 3.90. The zero-order valence-corrected chi connectivity index (χ0v) is 15.9. The number of nitrogens with zero attached hydrogens (tertiary/aromatic N) is 2. The first-order chi connectivity index (χ1) is 12.2. The number of carbonyl (C=O) groups is 1. The second-order valence-electron chi connectivity index (χ2n) is 7.55. The van der Waals surface area contributed by atoms with E-state index >= 15 is 0 Å². The maximum atomic E-state index is 12.0. The van der Waals surface area contributed by atoms with E-state index in [9.17, 15) is 4.79 Å². The van der Waals surface area contributed by atoms with E-state index in [4.69, 9.17) is 9.72 Å². The first kappa shape index (κ1) is 17.9. The topological polar surface area (TPSA) is 43.6 Å². The molecule has 0 saturated heterocycles. The first-order valence-electron chi connectivity index (χ1n) is 8.69. The molecule has 26 heavy (non-hydrogen) atoms. The summed E-state index contributed by atoms with van der Waals surface area (Å²) >= 11 is 0. The molecule has 4 heteroatoms. The molecule has 0 atom stereocenters. The van der Waals surface area contributed by atoms with Crippen molar-refractivity contribution >= 4 is 17.7 Å². The van der Waals surface area contributed by atoms with Crippen molar-refractivity contribution in [1.82, 2.24) is 9.38 Å². The SMILES string of the molecule is Cc1ccc(-c2cn3ccc(C)cc3n2)c(/C=C/C(=O)OC(C)(C)C)c1. The van der Waals surface area contributed by atoms with Gasteiger partial charge in [-0.3, -0.25) is 0 Å². The van der Waals surface area contributed by atoms with E-state index in [1.165, 1.54) is 11.6 Å². The average Bonchev–Trinajstić information content (AvgIpc) is 2.94. The van der Waals surface area contributed by atoms with Gasteiger partial charge < -0.3 is 9.14 Å². The lowest BCUT2D eigenvalue weighted by atomic mass is 10.0. The third-order valence-electron chi connectivity index (χ3n) is 3.90. The number of aryl methyl sites for hydroxylation is 2. The molecule has 0 aliphatic rings. The maximum absolute atomic E-state index is 12.0. The Bertz CT molecular complexity index is 991. The predicted molar refractivity (Wildman–Crippen MR) is 105 cm³/mol. The van der Waals surface area contributed by atoms with Gasteiger partial charge in [-0.2, -0.15) is 0 Å². The van der Waals surface area contributed by atoms with Gasteiger partial charge in [0.05, 0.1) is 5.69 Å². The highest BCUT2D eigenvalue weighted by atomic mass is 16.6. The normalized spacial score (nSPS) is 12.0. The number of ether oxygens (including phenoxy) is 1. The summed E-state index contributed by atoms with van der Waals surface area (Å²) in [6.45, 7) is 9.65. The summed E-state index contributed by atoms with van der Waals surface area (Å²) < 4.78 is 7.35. The molecule has 2 heterocycles. The molecule has 0 fully saturated rings. The Morgan fingerprint density at radius 2 is 1.85 bits per heavy atom. The second-order valence-corrected chi connectivity index (χ2v) is 7.55. The van der Waals surface area contributed by atoms with E-state index in [1.807, 2.05) is 62.7 Å². The van der Waals surface area contributed by atoms with E-state index in [-0.39, 0.29) is 5.97 Å². The fourth-order valence-corrected chi connectivity index (χ4v) is 2.76. The number of imidazole rings is 1. The Labute approximate surface area is 154 Å². The molecule has 134 valence electrons.